The van der Waals surface area contributed by atoms with E-state index in [1.807, 2.05) is 36.1 Å². The van der Waals surface area contributed by atoms with E-state index >= 15 is 0 Å². The highest BCUT2D eigenvalue weighted by atomic mass is 32.2. The van der Waals surface area contributed by atoms with E-state index in [1.165, 1.54) is 23.1 Å². The number of nitrogens with zero attached hydrogens (tertiary/aromatic N) is 1. The fourth-order valence-corrected chi connectivity index (χ4v) is 6.09. The molecule has 1 fully saturated rings. The summed E-state index contributed by atoms with van der Waals surface area (Å²) in [5.74, 6) is 1.28. The number of piperidine rings is 1. The molecule has 1 aromatic heterocycles. The van der Waals surface area contributed by atoms with Crippen LogP contribution in [0.2, 0.25) is 0 Å². The highest BCUT2D eigenvalue weighted by Crippen LogP contribution is 2.23. The quantitative estimate of drug-likeness (QED) is 0.638. The predicted octanol–water partition coefficient (Wildman–Crippen LogP) is 3.21. The molecular formula is C19H24N2O4S3. The summed E-state index contributed by atoms with van der Waals surface area (Å²) in [5.41, 5.74) is 0. The van der Waals surface area contributed by atoms with Crippen LogP contribution >= 0.6 is 23.1 Å². The molecule has 6 nitrogen and oxygen atoms in total. The van der Waals surface area contributed by atoms with Crippen LogP contribution in [0, 0.1) is 0 Å². The van der Waals surface area contributed by atoms with Gasteiger partial charge < -0.3 is 9.64 Å². The van der Waals surface area contributed by atoms with E-state index in [0.29, 0.717) is 42.5 Å². The van der Waals surface area contributed by atoms with Gasteiger partial charge in [-0.1, -0.05) is 6.07 Å². The zero-order chi connectivity index (χ0) is 20.0. The van der Waals surface area contributed by atoms with Crippen molar-refractivity contribution in [2.24, 2.45) is 0 Å². The third-order valence-corrected chi connectivity index (χ3v) is 8.34. The van der Waals surface area contributed by atoms with Gasteiger partial charge in [-0.25, -0.2) is 13.1 Å². The minimum absolute atomic E-state index is 0.0819. The number of nitrogens with one attached hydrogen (secondary N) is 1. The predicted molar refractivity (Wildman–Crippen MR) is 113 cm³/mol. The third kappa shape index (κ3) is 5.73. The van der Waals surface area contributed by atoms with Crippen molar-refractivity contribution in [3.8, 4) is 5.75 Å². The fourth-order valence-electron chi connectivity index (χ4n) is 2.98. The van der Waals surface area contributed by atoms with Crippen molar-refractivity contribution >= 4 is 39.0 Å². The van der Waals surface area contributed by atoms with Crippen molar-refractivity contribution in [3.05, 3.63) is 41.8 Å². The Bertz CT molecular complexity index is 859. The molecule has 152 valence electrons. The molecule has 1 amide bonds. The summed E-state index contributed by atoms with van der Waals surface area (Å²) in [7, 11) is -3.46. The van der Waals surface area contributed by atoms with Crippen LogP contribution in [0.3, 0.4) is 0 Å². The molecule has 0 bridgehead atoms. The first-order valence-corrected chi connectivity index (χ1v) is 12.5. The first-order valence-electron chi connectivity index (χ1n) is 9.17. The lowest BCUT2D eigenvalue weighted by Crippen LogP contribution is -2.46. The van der Waals surface area contributed by atoms with Gasteiger partial charge >= 0.3 is 0 Å². The average molecular weight is 441 g/mol. The van der Waals surface area contributed by atoms with Gasteiger partial charge in [0, 0.05) is 24.0 Å². The summed E-state index contributed by atoms with van der Waals surface area (Å²) in [4.78, 5) is 15.3. The molecule has 0 spiro atoms. The summed E-state index contributed by atoms with van der Waals surface area (Å²) in [5, 5.41) is 1.75. The van der Waals surface area contributed by atoms with Crippen LogP contribution in [0.15, 0.2) is 50.9 Å². The lowest BCUT2D eigenvalue weighted by atomic mass is 10.1. The Balaban J connectivity index is 1.43. The van der Waals surface area contributed by atoms with E-state index in [1.54, 1.807) is 17.5 Å². The lowest BCUT2D eigenvalue weighted by Gasteiger charge is -2.32. The Hall–Kier alpha value is -1.55. The van der Waals surface area contributed by atoms with Crippen LogP contribution in [0.4, 0.5) is 0 Å². The first kappa shape index (κ1) is 21.2. The van der Waals surface area contributed by atoms with Gasteiger partial charge in [-0.15, -0.1) is 23.1 Å². The number of carbonyl (C=O) groups is 1. The lowest BCUT2D eigenvalue weighted by molar-refractivity contribution is -0.129. The second-order valence-corrected chi connectivity index (χ2v) is 10.3. The average Bonchev–Trinajstić information content (AvgIpc) is 3.24. The van der Waals surface area contributed by atoms with Gasteiger partial charge in [-0.2, -0.15) is 0 Å². The minimum Gasteiger partial charge on any atom is -0.494 e. The second-order valence-electron chi connectivity index (χ2n) is 6.40. The molecule has 2 aromatic rings. The molecule has 0 atom stereocenters. The number of thiophene rings is 1. The van der Waals surface area contributed by atoms with Gasteiger partial charge in [-0.05, 0) is 55.5 Å². The molecule has 1 saturated heterocycles. The Morgan fingerprint density at radius 3 is 2.57 bits per heavy atom. The van der Waals surface area contributed by atoms with Crippen molar-refractivity contribution in [1.82, 2.24) is 9.62 Å². The summed E-state index contributed by atoms with van der Waals surface area (Å²) in [6.07, 6.45) is 1.26. The monoisotopic (exact) mass is 440 g/mol. The summed E-state index contributed by atoms with van der Waals surface area (Å²) < 4.78 is 33.1. The van der Waals surface area contributed by atoms with Crippen LogP contribution in [0.5, 0.6) is 5.75 Å². The van der Waals surface area contributed by atoms with Gasteiger partial charge in [-0.3, -0.25) is 4.79 Å². The zero-order valence-electron chi connectivity index (χ0n) is 15.7. The Morgan fingerprint density at radius 1 is 1.25 bits per heavy atom. The maximum Gasteiger partial charge on any atom is 0.250 e. The number of rotatable bonds is 8. The van der Waals surface area contributed by atoms with Gasteiger partial charge in [0.1, 0.15) is 9.96 Å². The summed E-state index contributed by atoms with van der Waals surface area (Å²) in [6, 6.07) is 10.9. The first-order chi connectivity index (χ1) is 13.5. The number of amides is 1. The van der Waals surface area contributed by atoms with Gasteiger partial charge in [0.25, 0.3) is 0 Å². The number of sulfonamides is 1. The molecule has 28 heavy (non-hydrogen) atoms. The number of ether oxygens (including phenoxy) is 1. The van der Waals surface area contributed by atoms with E-state index in [2.05, 4.69) is 4.72 Å². The number of hydrogen-bond donors (Lipinski definition) is 1. The van der Waals surface area contributed by atoms with E-state index in [-0.39, 0.29) is 11.9 Å². The third-order valence-electron chi connectivity index (χ3n) is 4.43. The molecule has 1 aliphatic rings. The normalized spacial score (nSPS) is 15.5. The fraction of sp³-hybridized carbons (Fsp3) is 0.421. The largest absolute Gasteiger partial charge is 0.494 e. The van der Waals surface area contributed by atoms with E-state index in [4.69, 9.17) is 4.74 Å². The SMILES string of the molecule is CCOc1ccc(SCC(=O)N2CCC(NS(=O)(=O)c3cccs3)CC2)cc1. The van der Waals surface area contributed by atoms with Crippen molar-refractivity contribution in [1.29, 1.82) is 0 Å². The van der Waals surface area contributed by atoms with Gasteiger partial charge in [0.05, 0.1) is 12.4 Å². The minimum atomic E-state index is -3.46. The number of likely N-dealkylation sites (tertiary alicyclic amines) is 1. The molecule has 1 aliphatic heterocycles. The second kappa shape index (κ2) is 9.78. The Labute approximate surface area is 174 Å². The van der Waals surface area contributed by atoms with Crippen LogP contribution in [0.1, 0.15) is 19.8 Å². The molecular weight excluding hydrogens is 416 g/mol. The molecule has 0 aliphatic carbocycles. The van der Waals surface area contributed by atoms with Crippen molar-refractivity contribution in [2.75, 3.05) is 25.4 Å². The molecule has 3 rings (SSSR count). The van der Waals surface area contributed by atoms with E-state index < -0.39 is 10.0 Å². The maximum absolute atomic E-state index is 12.5. The number of benzene rings is 1. The topological polar surface area (TPSA) is 75.7 Å². The van der Waals surface area contributed by atoms with Crippen molar-refractivity contribution in [3.63, 3.8) is 0 Å². The molecule has 2 heterocycles. The molecule has 0 radical (unpaired) electrons. The van der Waals surface area contributed by atoms with E-state index in [9.17, 15) is 13.2 Å². The van der Waals surface area contributed by atoms with Crippen molar-refractivity contribution < 1.29 is 17.9 Å². The highest BCUT2D eigenvalue weighted by Gasteiger charge is 2.27. The van der Waals surface area contributed by atoms with Crippen LogP contribution < -0.4 is 9.46 Å². The molecule has 1 aromatic carbocycles. The zero-order valence-corrected chi connectivity index (χ0v) is 18.1. The maximum atomic E-state index is 12.5. The van der Waals surface area contributed by atoms with Gasteiger partial charge in [0.2, 0.25) is 15.9 Å². The van der Waals surface area contributed by atoms with Crippen LogP contribution in [0.25, 0.3) is 0 Å². The van der Waals surface area contributed by atoms with E-state index in [0.717, 1.165) is 10.6 Å². The molecule has 1 N–H and O–H groups in total. The van der Waals surface area contributed by atoms with Gasteiger partial charge in [0.15, 0.2) is 0 Å². The van der Waals surface area contributed by atoms with Crippen LogP contribution in [-0.2, 0) is 14.8 Å². The molecule has 0 saturated carbocycles. The van der Waals surface area contributed by atoms with Crippen LogP contribution in [-0.4, -0.2) is 50.7 Å². The molecule has 9 heteroatoms. The number of hydrogen-bond acceptors (Lipinski definition) is 6. The standard InChI is InChI=1S/C19H24N2O4S3/c1-2-25-16-5-7-17(8-6-16)27-14-18(22)21-11-9-15(10-12-21)20-28(23,24)19-4-3-13-26-19/h3-8,13,15,20H,2,9-12,14H2,1H3. The van der Waals surface area contributed by atoms with Crippen molar-refractivity contribution in [2.45, 2.75) is 34.9 Å². The number of thioether (sulfide) groups is 1. The Morgan fingerprint density at radius 2 is 1.96 bits per heavy atom. The summed E-state index contributed by atoms with van der Waals surface area (Å²) in [6.45, 7) is 3.71. The number of carbonyl (C=O) groups excluding carboxylic acids is 1. The Kier molecular flexibility index (Phi) is 7.39. The summed E-state index contributed by atoms with van der Waals surface area (Å²) >= 11 is 2.71. The smallest absolute Gasteiger partial charge is 0.250 e. The molecule has 0 unspecified atom stereocenters. The highest BCUT2D eigenvalue weighted by molar-refractivity contribution is 8.00.